The summed E-state index contributed by atoms with van der Waals surface area (Å²) in [6, 6.07) is 0.387. The van der Waals surface area contributed by atoms with Gasteiger partial charge < -0.3 is 10.6 Å². The molecule has 2 aliphatic rings. The fourth-order valence-corrected chi connectivity index (χ4v) is 3.69. The molecular weight excluding hydrogens is 224 g/mol. The maximum absolute atomic E-state index is 11.3. The highest BCUT2D eigenvalue weighted by Gasteiger charge is 2.25. The molecule has 2 fully saturated rings. The van der Waals surface area contributed by atoms with E-state index in [1.54, 1.807) is 7.05 Å². The number of urea groups is 1. The van der Waals surface area contributed by atoms with Gasteiger partial charge in [-0.15, -0.1) is 0 Å². The van der Waals surface area contributed by atoms with E-state index < -0.39 is 0 Å². The molecular formula is C15H28N2O. The van der Waals surface area contributed by atoms with Crippen LogP contribution in [-0.2, 0) is 0 Å². The SMILES string of the molecule is CNC(=O)NC1CCC(CC2CCCCC2)CC1. The first-order valence-electron chi connectivity index (χ1n) is 7.76. The minimum absolute atomic E-state index is 0.0225. The number of amides is 2. The van der Waals surface area contributed by atoms with E-state index >= 15 is 0 Å². The summed E-state index contributed by atoms with van der Waals surface area (Å²) in [4.78, 5) is 11.3. The number of carbonyl (C=O) groups excluding carboxylic acids is 1. The van der Waals surface area contributed by atoms with Crippen molar-refractivity contribution in [3.05, 3.63) is 0 Å². The minimum atomic E-state index is -0.0225. The van der Waals surface area contributed by atoms with Gasteiger partial charge in [0.1, 0.15) is 0 Å². The van der Waals surface area contributed by atoms with Crippen LogP contribution >= 0.6 is 0 Å². The Kier molecular flexibility index (Phi) is 5.33. The van der Waals surface area contributed by atoms with E-state index in [4.69, 9.17) is 0 Å². The third kappa shape index (κ3) is 4.18. The molecule has 0 saturated heterocycles. The highest BCUT2D eigenvalue weighted by Crippen LogP contribution is 2.35. The summed E-state index contributed by atoms with van der Waals surface area (Å²) >= 11 is 0. The number of nitrogens with one attached hydrogen (secondary N) is 2. The van der Waals surface area contributed by atoms with Crippen molar-refractivity contribution in [1.82, 2.24) is 10.6 Å². The van der Waals surface area contributed by atoms with Crippen LogP contribution in [0.4, 0.5) is 4.79 Å². The van der Waals surface area contributed by atoms with Crippen LogP contribution < -0.4 is 10.6 Å². The molecule has 0 atom stereocenters. The molecule has 2 aliphatic carbocycles. The topological polar surface area (TPSA) is 41.1 Å². The molecule has 2 N–H and O–H groups in total. The van der Waals surface area contributed by atoms with Gasteiger partial charge in [0.05, 0.1) is 0 Å². The van der Waals surface area contributed by atoms with E-state index in [0.29, 0.717) is 6.04 Å². The molecule has 104 valence electrons. The van der Waals surface area contributed by atoms with Gasteiger partial charge in [-0.1, -0.05) is 32.1 Å². The maximum Gasteiger partial charge on any atom is 0.314 e. The van der Waals surface area contributed by atoms with E-state index in [2.05, 4.69) is 10.6 Å². The first kappa shape index (κ1) is 13.7. The molecule has 2 saturated carbocycles. The first-order chi connectivity index (χ1) is 8.78. The van der Waals surface area contributed by atoms with Gasteiger partial charge >= 0.3 is 6.03 Å². The van der Waals surface area contributed by atoms with Crippen LogP contribution in [0, 0.1) is 11.8 Å². The summed E-state index contributed by atoms with van der Waals surface area (Å²) in [7, 11) is 1.68. The highest BCUT2D eigenvalue weighted by atomic mass is 16.2. The molecule has 3 nitrogen and oxygen atoms in total. The third-order valence-corrected chi connectivity index (χ3v) is 4.80. The molecule has 2 rings (SSSR count). The lowest BCUT2D eigenvalue weighted by atomic mass is 9.76. The predicted molar refractivity (Wildman–Crippen MR) is 74.5 cm³/mol. The molecule has 0 bridgehead atoms. The Balaban J connectivity index is 1.65. The monoisotopic (exact) mass is 252 g/mol. The molecule has 0 unspecified atom stereocenters. The van der Waals surface area contributed by atoms with E-state index in [0.717, 1.165) is 11.8 Å². The zero-order valence-corrected chi connectivity index (χ0v) is 11.7. The van der Waals surface area contributed by atoms with E-state index in [-0.39, 0.29) is 6.03 Å². The average molecular weight is 252 g/mol. The quantitative estimate of drug-likeness (QED) is 0.793. The summed E-state index contributed by atoms with van der Waals surface area (Å²) in [5.41, 5.74) is 0. The predicted octanol–water partition coefficient (Wildman–Crippen LogP) is 3.44. The molecule has 2 amide bonds. The van der Waals surface area contributed by atoms with Gasteiger partial charge in [-0.2, -0.15) is 0 Å². The van der Waals surface area contributed by atoms with Crippen LogP contribution in [0.3, 0.4) is 0 Å². The smallest absolute Gasteiger partial charge is 0.314 e. The molecule has 0 spiro atoms. The van der Waals surface area contributed by atoms with Crippen LogP contribution in [0.15, 0.2) is 0 Å². The number of rotatable bonds is 3. The van der Waals surface area contributed by atoms with Crippen LogP contribution in [0.2, 0.25) is 0 Å². The van der Waals surface area contributed by atoms with Gasteiger partial charge in [-0.25, -0.2) is 4.79 Å². The second-order valence-corrected chi connectivity index (χ2v) is 6.18. The van der Waals surface area contributed by atoms with Gasteiger partial charge in [0, 0.05) is 13.1 Å². The van der Waals surface area contributed by atoms with Gasteiger partial charge in [-0.3, -0.25) is 0 Å². The standard InChI is InChI=1S/C15H28N2O/c1-16-15(18)17-14-9-7-13(8-10-14)11-12-5-3-2-4-6-12/h12-14H,2-11H2,1H3,(H2,16,17,18). The third-order valence-electron chi connectivity index (χ3n) is 4.80. The van der Waals surface area contributed by atoms with E-state index in [1.807, 2.05) is 0 Å². The van der Waals surface area contributed by atoms with Crippen molar-refractivity contribution in [2.45, 2.75) is 70.3 Å². The Morgan fingerprint density at radius 3 is 2.17 bits per heavy atom. The van der Waals surface area contributed by atoms with E-state index in [9.17, 15) is 4.79 Å². The van der Waals surface area contributed by atoms with Gasteiger partial charge in [0.25, 0.3) is 0 Å². The molecule has 3 heteroatoms. The lowest BCUT2D eigenvalue weighted by molar-refractivity contribution is 0.211. The summed E-state index contributed by atoms with van der Waals surface area (Å²) in [5, 5.41) is 5.68. The van der Waals surface area contributed by atoms with Gasteiger partial charge in [-0.05, 0) is 43.9 Å². The Morgan fingerprint density at radius 2 is 1.56 bits per heavy atom. The summed E-state index contributed by atoms with van der Waals surface area (Å²) in [6.07, 6.45) is 13.7. The molecule has 0 aromatic carbocycles. The van der Waals surface area contributed by atoms with Gasteiger partial charge in [0.2, 0.25) is 0 Å². The lowest BCUT2D eigenvalue weighted by Gasteiger charge is -2.32. The molecule has 0 radical (unpaired) electrons. The lowest BCUT2D eigenvalue weighted by Crippen LogP contribution is -2.42. The Bertz CT molecular complexity index is 253. The van der Waals surface area contributed by atoms with Crippen molar-refractivity contribution >= 4 is 6.03 Å². The van der Waals surface area contributed by atoms with Crippen molar-refractivity contribution in [3.63, 3.8) is 0 Å². The Labute approximate surface area is 111 Å². The number of hydrogen-bond acceptors (Lipinski definition) is 1. The van der Waals surface area contributed by atoms with Crippen LogP contribution in [0.25, 0.3) is 0 Å². The van der Waals surface area contributed by atoms with Crippen molar-refractivity contribution < 1.29 is 4.79 Å². The molecule has 0 aliphatic heterocycles. The second-order valence-electron chi connectivity index (χ2n) is 6.18. The zero-order chi connectivity index (χ0) is 12.8. The molecule has 0 aromatic heterocycles. The first-order valence-corrected chi connectivity index (χ1v) is 7.76. The Morgan fingerprint density at radius 1 is 0.944 bits per heavy atom. The van der Waals surface area contributed by atoms with Crippen LogP contribution in [0.5, 0.6) is 0 Å². The van der Waals surface area contributed by atoms with Crippen molar-refractivity contribution in [1.29, 1.82) is 0 Å². The van der Waals surface area contributed by atoms with Gasteiger partial charge in [0.15, 0.2) is 0 Å². The van der Waals surface area contributed by atoms with Crippen LogP contribution in [0.1, 0.15) is 64.2 Å². The molecule has 0 aromatic rings. The highest BCUT2D eigenvalue weighted by molar-refractivity contribution is 5.73. The largest absolute Gasteiger partial charge is 0.341 e. The molecule has 18 heavy (non-hydrogen) atoms. The van der Waals surface area contributed by atoms with Crippen molar-refractivity contribution in [3.8, 4) is 0 Å². The number of carbonyl (C=O) groups is 1. The number of hydrogen-bond donors (Lipinski definition) is 2. The minimum Gasteiger partial charge on any atom is -0.341 e. The fourth-order valence-electron chi connectivity index (χ4n) is 3.69. The summed E-state index contributed by atoms with van der Waals surface area (Å²) in [6.45, 7) is 0. The van der Waals surface area contributed by atoms with Crippen molar-refractivity contribution in [2.24, 2.45) is 11.8 Å². The summed E-state index contributed by atoms with van der Waals surface area (Å²) < 4.78 is 0. The van der Waals surface area contributed by atoms with Crippen molar-refractivity contribution in [2.75, 3.05) is 7.05 Å². The second kappa shape index (κ2) is 7.01. The average Bonchev–Trinajstić information content (AvgIpc) is 2.42. The molecule has 0 heterocycles. The fraction of sp³-hybridized carbons (Fsp3) is 0.933. The van der Waals surface area contributed by atoms with E-state index in [1.165, 1.54) is 64.2 Å². The zero-order valence-electron chi connectivity index (χ0n) is 11.7. The summed E-state index contributed by atoms with van der Waals surface area (Å²) in [5.74, 6) is 1.93. The maximum atomic E-state index is 11.3. The normalized spacial score (nSPS) is 29.8. The van der Waals surface area contributed by atoms with Crippen LogP contribution in [-0.4, -0.2) is 19.1 Å². The Hall–Kier alpha value is -0.730.